The van der Waals surface area contributed by atoms with Crippen LogP contribution in [-0.2, 0) is 16.1 Å². The van der Waals surface area contributed by atoms with Crippen molar-refractivity contribution < 1.29 is 23.9 Å². The van der Waals surface area contributed by atoms with E-state index in [1.54, 1.807) is 39.0 Å². The minimum absolute atomic E-state index is 0.0913. The second-order valence-electron chi connectivity index (χ2n) is 12.8. The van der Waals surface area contributed by atoms with E-state index < -0.39 is 17.2 Å². The fraction of sp³-hybridized carbons (Fsp3) is 0.444. The zero-order valence-electron chi connectivity index (χ0n) is 26.9. The highest BCUT2D eigenvalue weighted by Crippen LogP contribution is 2.37. The summed E-state index contributed by atoms with van der Waals surface area (Å²) in [5, 5.41) is 6.65. The Bertz CT molecular complexity index is 1440. The van der Waals surface area contributed by atoms with E-state index in [1.807, 2.05) is 49.4 Å². The van der Waals surface area contributed by atoms with E-state index in [0.717, 1.165) is 29.7 Å². The first-order valence-electron chi connectivity index (χ1n) is 15.7. The van der Waals surface area contributed by atoms with Gasteiger partial charge < -0.3 is 20.1 Å². The molecule has 4 rings (SSSR count). The molecule has 3 amide bonds. The first-order chi connectivity index (χ1) is 21.5. The van der Waals surface area contributed by atoms with Gasteiger partial charge in [0.05, 0.1) is 25.6 Å². The van der Waals surface area contributed by atoms with Gasteiger partial charge in [0.15, 0.2) is 0 Å². The third kappa shape index (κ3) is 8.62. The summed E-state index contributed by atoms with van der Waals surface area (Å²) in [6.45, 7) is 15.6. The topological polar surface area (TPSA) is 109 Å². The zero-order valence-corrected chi connectivity index (χ0v) is 26.9. The third-order valence-electron chi connectivity index (χ3n) is 8.25. The smallest absolute Gasteiger partial charge is 0.437 e. The Morgan fingerprint density at radius 3 is 2.62 bits per heavy atom. The van der Waals surface area contributed by atoms with Gasteiger partial charge in [0.25, 0.3) is 5.91 Å². The molecule has 0 aromatic heterocycles. The minimum atomic E-state index is -0.783. The van der Waals surface area contributed by atoms with Crippen LogP contribution < -0.4 is 15.4 Å². The molecule has 2 heterocycles. The van der Waals surface area contributed by atoms with Crippen LogP contribution in [0.4, 0.5) is 4.79 Å². The number of hydrogen-bond donors (Lipinski definition) is 2. The molecule has 0 aliphatic carbocycles. The van der Waals surface area contributed by atoms with Gasteiger partial charge in [-0.05, 0) is 76.6 Å². The number of guanidine groups is 1. The molecule has 2 aromatic rings. The number of benzene rings is 2. The van der Waals surface area contributed by atoms with Gasteiger partial charge in [0.1, 0.15) is 11.4 Å². The Kier molecular flexibility index (Phi) is 10.9. The number of amides is 3. The molecule has 45 heavy (non-hydrogen) atoms. The Hall–Kier alpha value is -4.40. The molecule has 0 radical (unpaired) electrons. The Labute approximate surface area is 266 Å². The molecular weight excluding hydrogens is 568 g/mol. The van der Waals surface area contributed by atoms with E-state index in [2.05, 4.69) is 28.8 Å². The van der Waals surface area contributed by atoms with E-state index in [9.17, 15) is 14.4 Å². The van der Waals surface area contributed by atoms with Crippen molar-refractivity contribution in [2.75, 3.05) is 6.61 Å². The predicted octanol–water partition coefficient (Wildman–Crippen LogP) is 6.86. The number of allylic oxidation sites excluding steroid dienone is 2. The largest absolute Gasteiger partial charge is 0.493 e. The van der Waals surface area contributed by atoms with Crippen molar-refractivity contribution in [3.05, 3.63) is 90.5 Å². The molecule has 2 N–H and O–H groups in total. The van der Waals surface area contributed by atoms with E-state index >= 15 is 0 Å². The molecule has 1 saturated heterocycles. The van der Waals surface area contributed by atoms with Gasteiger partial charge in [-0.3, -0.25) is 14.5 Å². The number of nitrogens with one attached hydrogen (secondary N) is 2. The molecule has 2 aromatic carbocycles. The average Bonchev–Trinajstić information content (AvgIpc) is 3.00. The highest BCUT2D eigenvalue weighted by Gasteiger charge is 2.41. The molecule has 2 aliphatic rings. The van der Waals surface area contributed by atoms with E-state index in [1.165, 1.54) is 4.90 Å². The van der Waals surface area contributed by atoms with Crippen LogP contribution in [0.2, 0.25) is 0 Å². The molecule has 2 aliphatic heterocycles. The molecular formula is C36H46N4O5. The molecule has 240 valence electrons. The van der Waals surface area contributed by atoms with Gasteiger partial charge in [0, 0.05) is 22.6 Å². The van der Waals surface area contributed by atoms with E-state index in [4.69, 9.17) is 9.47 Å². The van der Waals surface area contributed by atoms with Crippen molar-refractivity contribution in [3.63, 3.8) is 0 Å². The second-order valence-corrected chi connectivity index (χ2v) is 12.8. The maximum Gasteiger partial charge on any atom is 0.437 e. The van der Waals surface area contributed by atoms with Gasteiger partial charge in [-0.15, -0.1) is 18.2 Å². The second kappa shape index (κ2) is 14.6. The fourth-order valence-corrected chi connectivity index (χ4v) is 5.81. The van der Waals surface area contributed by atoms with E-state index in [0.29, 0.717) is 31.4 Å². The zero-order chi connectivity index (χ0) is 32.6. The molecule has 9 nitrogen and oxygen atoms in total. The summed E-state index contributed by atoms with van der Waals surface area (Å²) in [5.74, 6) is 0.623. The first kappa shape index (κ1) is 33.5. The summed E-state index contributed by atoms with van der Waals surface area (Å²) in [6, 6.07) is 14.7. The fourth-order valence-electron chi connectivity index (χ4n) is 5.81. The van der Waals surface area contributed by atoms with Crippen LogP contribution in [0.25, 0.3) is 0 Å². The summed E-state index contributed by atoms with van der Waals surface area (Å²) in [4.78, 5) is 45.8. The minimum Gasteiger partial charge on any atom is -0.493 e. The summed E-state index contributed by atoms with van der Waals surface area (Å²) >= 11 is 0. The average molecular weight is 615 g/mol. The van der Waals surface area contributed by atoms with Crippen molar-refractivity contribution in [1.82, 2.24) is 15.5 Å². The van der Waals surface area contributed by atoms with Crippen LogP contribution in [0.1, 0.15) is 93.7 Å². The SMILES string of the molecule is C=CCCC1COc2ccccc2C1NC(=O)c1cccc(CN2C(=O)CC(CC)(CCC=C)NC2=NC(=O)OC(C)(C)C)c1. The summed E-state index contributed by atoms with van der Waals surface area (Å²) in [7, 11) is 0. The number of para-hydroxylation sites is 1. The summed E-state index contributed by atoms with van der Waals surface area (Å²) in [5.41, 5.74) is 0.835. The number of carbonyl (C=O) groups excluding carboxylic acids is 3. The van der Waals surface area contributed by atoms with Gasteiger partial charge in [-0.2, -0.15) is 0 Å². The lowest BCUT2D eigenvalue weighted by molar-refractivity contribution is -0.131. The quantitative estimate of drug-likeness (QED) is 0.268. The lowest BCUT2D eigenvalue weighted by Crippen LogP contribution is -2.62. The predicted molar refractivity (Wildman–Crippen MR) is 176 cm³/mol. The van der Waals surface area contributed by atoms with Crippen LogP contribution >= 0.6 is 0 Å². The Balaban J connectivity index is 1.58. The van der Waals surface area contributed by atoms with Crippen molar-refractivity contribution >= 4 is 23.9 Å². The molecule has 1 fully saturated rings. The standard InChI is InChI=1S/C36H46N4O5/c1-7-10-16-27-24-44-29-19-13-12-18-28(29)31(27)37-32(42)26-17-14-15-25(21-26)23-40-30(41)22-36(9-3,20-11-8-2)39-33(40)38-34(43)45-35(4,5)6/h7-8,12-15,17-19,21,27,31H,1-2,9-11,16,20,22-24H2,3-6H3,(H,37,42)(H,38,39,43). The van der Waals surface area contributed by atoms with E-state index in [-0.39, 0.29) is 42.7 Å². The monoisotopic (exact) mass is 614 g/mol. The van der Waals surface area contributed by atoms with Gasteiger partial charge in [0.2, 0.25) is 11.9 Å². The van der Waals surface area contributed by atoms with Crippen molar-refractivity contribution in [3.8, 4) is 5.75 Å². The Morgan fingerprint density at radius 2 is 1.91 bits per heavy atom. The molecule has 3 atom stereocenters. The molecule has 0 spiro atoms. The van der Waals surface area contributed by atoms with Gasteiger partial charge in [-0.25, -0.2) is 4.79 Å². The van der Waals surface area contributed by atoms with Crippen molar-refractivity contribution in [2.45, 2.75) is 89.9 Å². The molecule has 3 unspecified atom stereocenters. The van der Waals surface area contributed by atoms with Crippen LogP contribution in [0.3, 0.4) is 0 Å². The maximum absolute atomic E-state index is 13.7. The number of fused-ring (bicyclic) bond motifs is 1. The maximum atomic E-state index is 13.7. The Morgan fingerprint density at radius 1 is 1.16 bits per heavy atom. The lowest BCUT2D eigenvalue weighted by atomic mass is 9.84. The summed E-state index contributed by atoms with van der Waals surface area (Å²) in [6.07, 6.45) is 6.83. The van der Waals surface area contributed by atoms with Crippen LogP contribution in [0.15, 0.2) is 78.8 Å². The first-order valence-corrected chi connectivity index (χ1v) is 15.7. The molecule has 0 bridgehead atoms. The van der Waals surface area contributed by atoms with Gasteiger partial charge >= 0.3 is 6.09 Å². The van der Waals surface area contributed by atoms with Crippen LogP contribution in [-0.4, -0.2) is 46.5 Å². The third-order valence-corrected chi connectivity index (χ3v) is 8.25. The number of carbonyl (C=O) groups is 3. The summed E-state index contributed by atoms with van der Waals surface area (Å²) < 4.78 is 11.4. The number of nitrogens with zero attached hydrogens (tertiary/aromatic N) is 2. The number of rotatable bonds is 11. The lowest BCUT2D eigenvalue weighted by Gasteiger charge is -2.43. The highest BCUT2D eigenvalue weighted by molar-refractivity contribution is 6.04. The van der Waals surface area contributed by atoms with Crippen molar-refractivity contribution in [1.29, 1.82) is 0 Å². The number of hydrogen-bond acceptors (Lipinski definition) is 5. The number of ether oxygens (including phenoxy) is 2. The molecule has 0 saturated carbocycles. The van der Waals surface area contributed by atoms with Gasteiger partial charge in [-0.1, -0.05) is 49.4 Å². The van der Waals surface area contributed by atoms with Crippen LogP contribution in [0.5, 0.6) is 5.75 Å². The molecule has 9 heteroatoms. The highest BCUT2D eigenvalue weighted by atomic mass is 16.6. The van der Waals surface area contributed by atoms with Crippen LogP contribution in [0, 0.1) is 5.92 Å². The van der Waals surface area contributed by atoms with Crippen molar-refractivity contribution in [2.24, 2.45) is 10.9 Å². The normalized spacial score (nSPS) is 22.1. The number of aliphatic imine (C=N–C) groups is 1.